The van der Waals surface area contributed by atoms with Crippen LogP contribution in [0, 0.1) is 0 Å². The number of hydrogen-bond acceptors (Lipinski definition) is 6. The predicted octanol–water partition coefficient (Wildman–Crippen LogP) is 7.77. The Morgan fingerprint density at radius 2 is 0.896 bits per heavy atom. The molecular weight excluding hydrogens is 681 g/mol. The molecule has 3 aliphatic heterocycles. The summed E-state index contributed by atoms with van der Waals surface area (Å²) in [7, 11) is 0. The second-order valence-electron chi connectivity index (χ2n) is 11.8. The van der Waals surface area contributed by atoms with Crippen molar-refractivity contribution < 1.29 is 36.6 Å². The van der Waals surface area contributed by atoms with Crippen LogP contribution in [-0.4, -0.2) is 56.1 Å². The van der Waals surface area contributed by atoms with Crippen LogP contribution in [-0.2, 0) is 11.4 Å². The van der Waals surface area contributed by atoms with Gasteiger partial charge in [-0.2, -0.15) is 36.5 Å². The first kappa shape index (κ1) is 32.4. The summed E-state index contributed by atoms with van der Waals surface area (Å²) in [6.07, 6.45) is -10.2. The van der Waals surface area contributed by atoms with Crippen molar-refractivity contribution in [3.05, 3.63) is 141 Å². The van der Waals surface area contributed by atoms with Gasteiger partial charge in [0.15, 0.2) is 11.4 Å². The molecule has 4 aromatic carbocycles. The maximum absolute atomic E-state index is 15.1. The van der Waals surface area contributed by atoms with Crippen molar-refractivity contribution in [1.29, 1.82) is 0 Å². The van der Waals surface area contributed by atoms with Gasteiger partial charge in [0, 0.05) is 21.2 Å². The number of hydrazone groups is 2. The largest absolute Gasteiger partial charge is 0.431 e. The van der Waals surface area contributed by atoms with Gasteiger partial charge in [-0.15, -0.1) is 0 Å². The first-order valence-electron chi connectivity index (χ1n) is 14.6. The second-order valence-corrected chi connectivity index (χ2v) is 12.7. The first-order valence-corrected chi connectivity index (χ1v) is 15.4. The van der Waals surface area contributed by atoms with Gasteiger partial charge in [0.05, 0.1) is 11.8 Å². The van der Waals surface area contributed by atoms with E-state index in [1.807, 2.05) is 0 Å². The van der Waals surface area contributed by atoms with E-state index in [0.717, 1.165) is 0 Å². The summed E-state index contributed by atoms with van der Waals surface area (Å²) in [5.41, 5.74) is -8.52. The maximum atomic E-state index is 15.1. The van der Waals surface area contributed by atoms with E-state index >= 15 is 26.3 Å². The molecule has 48 heavy (non-hydrogen) atoms. The normalized spacial score (nSPS) is 28.5. The number of alkyl halides is 6. The van der Waals surface area contributed by atoms with Crippen LogP contribution in [0.4, 0.5) is 26.3 Å². The molecular formula is C34H24Cl2F6N4O2. The smallest absolute Gasteiger partial charge is 0.364 e. The van der Waals surface area contributed by atoms with Crippen molar-refractivity contribution in [2.45, 2.75) is 47.7 Å². The van der Waals surface area contributed by atoms with E-state index in [-0.39, 0.29) is 32.3 Å². The third-order valence-electron chi connectivity index (χ3n) is 9.10. The summed E-state index contributed by atoms with van der Waals surface area (Å²) in [6, 6.07) is 21.7. The molecule has 6 atom stereocenters. The minimum Gasteiger partial charge on any atom is -0.364 e. The molecule has 248 valence electrons. The van der Waals surface area contributed by atoms with E-state index in [0.29, 0.717) is 10.0 Å². The first-order chi connectivity index (χ1) is 22.7. The van der Waals surface area contributed by atoms with Crippen LogP contribution in [0.1, 0.15) is 34.1 Å². The SMILES string of the molecule is O[C@@]1(c2ccccc2)C2[C@H](c3cccc(Cl)c3)C(C(F)(F)F)=NN2[C@](O)(c2ccccc2)C2[C@H](c3cccc(Cl)c3)C(C(F)(F)F)=NN21. The van der Waals surface area contributed by atoms with Gasteiger partial charge in [0.25, 0.3) is 0 Å². The summed E-state index contributed by atoms with van der Waals surface area (Å²) in [5, 5.41) is 35.7. The van der Waals surface area contributed by atoms with Gasteiger partial charge in [0.1, 0.15) is 12.1 Å². The van der Waals surface area contributed by atoms with Crippen molar-refractivity contribution in [3.63, 3.8) is 0 Å². The van der Waals surface area contributed by atoms with Gasteiger partial charge in [-0.05, 0) is 35.4 Å². The Hall–Kier alpha value is -4.10. The number of rotatable bonds is 4. The Bertz CT molecular complexity index is 1790. The lowest BCUT2D eigenvalue weighted by Gasteiger charge is -2.60. The molecule has 0 amide bonds. The second kappa shape index (κ2) is 11.2. The topological polar surface area (TPSA) is 71.7 Å². The highest BCUT2D eigenvalue weighted by Crippen LogP contribution is 2.61. The highest BCUT2D eigenvalue weighted by Gasteiger charge is 2.74. The van der Waals surface area contributed by atoms with Crippen molar-refractivity contribution in [1.82, 2.24) is 10.0 Å². The van der Waals surface area contributed by atoms with Crippen LogP contribution in [0.3, 0.4) is 0 Å². The average molecular weight is 705 g/mol. The molecule has 3 aliphatic rings. The van der Waals surface area contributed by atoms with Crippen LogP contribution in [0.2, 0.25) is 10.0 Å². The molecule has 0 spiro atoms. The van der Waals surface area contributed by atoms with Crippen LogP contribution in [0.15, 0.2) is 119 Å². The molecule has 6 nitrogen and oxygen atoms in total. The van der Waals surface area contributed by atoms with Crippen molar-refractivity contribution in [2.75, 3.05) is 0 Å². The van der Waals surface area contributed by atoms with E-state index in [1.54, 1.807) is 12.1 Å². The van der Waals surface area contributed by atoms with Gasteiger partial charge in [-0.25, -0.2) is 0 Å². The van der Waals surface area contributed by atoms with E-state index in [9.17, 15) is 10.2 Å². The summed E-state index contributed by atoms with van der Waals surface area (Å²) in [6.45, 7) is 0. The highest BCUT2D eigenvalue weighted by atomic mass is 35.5. The molecule has 2 unspecified atom stereocenters. The molecule has 3 heterocycles. The summed E-state index contributed by atoms with van der Waals surface area (Å²) >= 11 is 12.5. The van der Waals surface area contributed by atoms with Crippen molar-refractivity contribution in [3.8, 4) is 0 Å². The number of aliphatic hydroxyl groups is 2. The van der Waals surface area contributed by atoms with E-state index in [2.05, 4.69) is 10.2 Å². The van der Waals surface area contributed by atoms with Gasteiger partial charge < -0.3 is 10.2 Å². The molecule has 7 rings (SSSR count). The molecule has 0 bridgehead atoms. The zero-order chi connectivity index (χ0) is 34.2. The van der Waals surface area contributed by atoms with Crippen LogP contribution < -0.4 is 0 Å². The minimum atomic E-state index is -5.11. The Morgan fingerprint density at radius 3 is 1.21 bits per heavy atom. The third-order valence-corrected chi connectivity index (χ3v) is 9.57. The Morgan fingerprint density at radius 1 is 0.542 bits per heavy atom. The minimum absolute atomic E-state index is 0.0418. The number of halogens is 8. The number of benzene rings is 4. The third kappa shape index (κ3) is 4.88. The molecule has 14 heteroatoms. The molecule has 1 fully saturated rings. The lowest BCUT2D eigenvalue weighted by molar-refractivity contribution is -0.311. The average Bonchev–Trinajstić information content (AvgIpc) is 3.68. The number of piperazine rings is 1. The predicted molar refractivity (Wildman–Crippen MR) is 167 cm³/mol. The number of nitrogens with zero attached hydrogens (tertiary/aromatic N) is 4. The molecule has 1 saturated heterocycles. The van der Waals surface area contributed by atoms with E-state index < -0.39 is 59.1 Å². The quantitative estimate of drug-likeness (QED) is 0.213. The lowest BCUT2D eigenvalue weighted by atomic mass is 9.71. The number of fused-ring (bicyclic) bond motifs is 2. The maximum Gasteiger partial charge on any atom is 0.431 e. The fourth-order valence-electron chi connectivity index (χ4n) is 7.24. The zero-order valence-electron chi connectivity index (χ0n) is 24.4. The van der Waals surface area contributed by atoms with Crippen molar-refractivity contribution >= 4 is 34.6 Å². The van der Waals surface area contributed by atoms with Crippen LogP contribution in [0.5, 0.6) is 0 Å². The summed E-state index contributed by atoms with van der Waals surface area (Å²) in [5.74, 6) is -3.72. The molecule has 0 aliphatic carbocycles. The molecule has 4 aromatic rings. The van der Waals surface area contributed by atoms with E-state index in [1.165, 1.54) is 97.1 Å². The van der Waals surface area contributed by atoms with Gasteiger partial charge in [0.2, 0.25) is 11.4 Å². The van der Waals surface area contributed by atoms with Gasteiger partial charge >= 0.3 is 12.4 Å². The Balaban J connectivity index is 1.61. The lowest BCUT2D eigenvalue weighted by Crippen LogP contribution is -2.74. The molecule has 0 saturated carbocycles. The van der Waals surface area contributed by atoms with E-state index in [4.69, 9.17) is 23.2 Å². The fraction of sp³-hybridized carbons (Fsp3) is 0.235. The highest BCUT2D eigenvalue weighted by molar-refractivity contribution is 6.31. The molecule has 0 aromatic heterocycles. The number of hydrogen-bond donors (Lipinski definition) is 2. The molecule has 0 radical (unpaired) electrons. The van der Waals surface area contributed by atoms with Gasteiger partial charge in [-0.1, -0.05) is 108 Å². The van der Waals surface area contributed by atoms with Crippen molar-refractivity contribution in [2.24, 2.45) is 10.2 Å². The summed E-state index contributed by atoms with van der Waals surface area (Å²) < 4.78 is 90.5. The standard InChI is InChI=1S/C34H24Cl2F6N4O2/c35-23-15-7-9-19(17-23)25-27(33(37,38)39)44-46-29(25)31(47,21-11-3-1-4-12-21)45-30(32(46,48)22-13-5-2-6-14-22)26(28(43-45)34(40,41)42)20-10-8-16-24(36)18-20/h1-18,25-26,29-30,47-48H/t25-,26-,29?,30?,31+,32+/m1/s1. The molecule has 2 N–H and O–H groups in total. The Labute approximate surface area is 280 Å². The van der Waals surface area contributed by atoms with Crippen LogP contribution in [0.25, 0.3) is 0 Å². The zero-order valence-corrected chi connectivity index (χ0v) is 25.9. The van der Waals surface area contributed by atoms with Crippen LogP contribution >= 0.6 is 23.2 Å². The fourth-order valence-corrected chi connectivity index (χ4v) is 7.63. The summed E-state index contributed by atoms with van der Waals surface area (Å²) in [4.78, 5) is 0. The Kier molecular flexibility index (Phi) is 7.59. The van der Waals surface area contributed by atoms with Gasteiger partial charge in [-0.3, -0.25) is 10.0 Å². The monoisotopic (exact) mass is 704 g/mol.